The molecular weight excluding hydrogens is 326 g/mol. The lowest BCUT2D eigenvalue weighted by atomic mass is 10.0. The fourth-order valence-electron chi connectivity index (χ4n) is 2.32. The van der Waals surface area contributed by atoms with E-state index < -0.39 is 17.3 Å². The molecule has 0 radical (unpaired) electrons. The first-order valence-corrected chi connectivity index (χ1v) is 7.30. The standard InChI is InChI=1S/C13H20BrN3O3/c1-12(2,3)20-11(18)17-6-5-13(19,8-17)10-15-9(14)7-16(10)4/h7,19H,5-6,8H2,1-4H3. The van der Waals surface area contributed by atoms with Crippen molar-refractivity contribution < 1.29 is 14.6 Å². The van der Waals surface area contributed by atoms with Crippen molar-refractivity contribution in [3.8, 4) is 0 Å². The molecule has 20 heavy (non-hydrogen) atoms. The summed E-state index contributed by atoms with van der Waals surface area (Å²) in [5, 5.41) is 10.7. The number of ether oxygens (including phenoxy) is 1. The number of aliphatic hydroxyl groups is 1. The Labute approximate surface area is 126 Å². The van der Waals surface area contributed by atoms with E-state index in [9.17, 15) is 9.90 Å². The van der Waals surface area contributed by atoms with Gasteiger partial charge in [-0.2, -0.15) is 0 Å². The number of carbonyl (C=O) groups is 1. The van der Waals surface area contributed by atoms with E-state index in [1.54, 1.807) is 10.8 Å². The summed E-state index contributed by atoms with van der Waals surface area (Å²) in [6, 6.07) is 0. The highest BCUT2D eigenvalue weighted by Crippen LogP contribution is 2.32. The van der Waals surface area contributed by atoms with E-state index in [4.69, 9.17) is 4.74 Å². The second kappa shape index (κ2) is 5.04. The van der Waals surface area contributed by atoms with Crippen LogP contribution in [-0.4, -0.2) is 44.3 Å². The van der Waals surface area contributed by atoms with E-state index in [1.807, 2.05) is 27.8 Å². The summed E-state index contributed by atoms with van der Waals surface area (Å²) in [7, 11) is 1.82. The number of likely N-dealkylation sites (tertiary alicyclic amines) is 1. The summed E-state index contributed by atoms with van der Waals surface area (Å²) in [6.45, 7) is 6.12. The molecule has 2 rings (SSSR count). The second-order valence-corrected chi connectivity index (χ2v) is 6.99. The molecule has 1 fully saturated rings. The predicted molar refractivity (Wildman–Crippen MR) is 77.2 cm³/mol. The Bertz CT molecular complexity index is 523. The third kappa shape index (κ3) is 3.15. The fourth-order valence-corrected chi connectivity index (χ4v) is 2.80. The Morgan fingerprint density at radius 3 is 2.70 bits per heavy atom. The molecule has 0 saturated carbocycles. The van der Waals surface area contributed by atoms with E-state index in [1.165, 1.54) is 4.90 Å². The maximum atomic E-state index is 12.0. The Morgan fingerprint density at radius 2 is 2.20 bits per heavy atom. The van der Waals surface area contributed by atoms with Gasteiger partial charge in [0.15, 0.2) is 0 Å². The van der Waals surface area contributed by atoms with Crippen LogP contribution in [0.2, 0.25) is 0 Å². The normalized spacial score (nSPS) is 23.2. The van der Waals surface area contributed by atoms with Crippen LogP contribution in [0.25, 0.3) is 0 Å². The molecule has 112 valence electrons. The van der Waals surface area contributed by atoms with Crippen molar-refractivity contribution in [2.45, 2.75) is 38.4 Å². The van der Waals surface area contributed by atoms with Gasteiger partial charge in [-0.25, -0.2) is 9.78 Å². The average Bonchev–Trinajstić information content (AvgIpc) is 2.81. The molecule has 2 heterocycles. The molecule has 1 unspecified atom stereocenters. The van der Waals surface area contributed by atoms with E-state index in [2.05, 4.69) is 20.9 Å². The van der Waals surface area contributed by atoms with Crippen molar-refractivity contribution in [1.29, 1.82) is 0 Å². The maximum absolute atomic E-state index is 12.0. The van der Waals surface area contributed by atoms with Crippen molar-refractivity contribution in [2.75, 3.05) is 13.1 Å². The first-order valence-electron chi connectivity index (χ1n) is 6.50. The number of rotatable bonds is 1. The molecule has 0 spiro atoms. The topological polar surface area (TPSA) is 67.6 Å². The van der Waals surface area contributed by atoms with Crippen LogP contribution in [0.5, 0.6) is 0 Å². The Balaban J connectivity index is 2.12. The van der Waals surface area contributed by atoms with Crippen LogP contribution in [0.3, 0.4) is 0 Å². The highest BCUT2D eigenvalue weighted by Gasteiger charge is 2.43. The molecule has 0 bridgehead atoms. The second-order valence-electron chi connectivity index (χ2n) is 6.18. The molecule has 7 heteroatoms. The summed E-state index contributed by atoms with van der Waals surface area (Å²) in [4.78, 5) is 17.8. The smallest absolute Gasteiger partial charge is 0.410 e. The number of aryl methyl sites for hydroxylation is 1. The summed E-state index contributed by atoms with van der Waals surface area (Å²) >= 11 is 3.29. The van der Waals surface area contributed by atoms with Gasteiger partial charge in [-0.3, -0.25) is 0 Å². The average molecular weight is 346 g/mol. The van der Waals surface area contributed by atoms with Crippen molar-refractivity contribution in [3.05, 3.63) is 16.6 Å². The number of hydrogen-bond donors (Lipinski definition) is 1. The fraction of sp³-hybridized carbons (Fsp3) is 0.692. The van der Waals surface area contributed by atoms with Crippen LogP contribution in [0.4, 0.5) is 4.79 Å². The molecule has 1 aliphatic rings. The first kappa shape index (κ1) is 15.3. The highest BCUT2D eigenvalue weighted by molar-refractivity contribution is 9.10. The minimum absolute atomic E-state index is 0.194. The van der Waals surface area contributed by atoms with Crippen LogP contribution in [0, 0.1) is 0 Å². The van der Waals surface area contributed by atoms with Crippen LogP contribution in [-0.2, 0) is 17.4 Å². The summed E-state index contributed by atoms with van der Waals surface area (Å²) in [5.74, 6) is 0.551. The molecule has 1 aliphatic heterocycles. The highest BCUT2D eigenvalue weighted by atomic mass is 79.9. The molecule has 0 aliphatic carbocycles. The van der Waals surface area contributed by atoms with E-state index in [0.29, 0.717) is 23.4 Å². The number of β-amino-alcohol motifs (C(OH)–C–C–N with tert-alkyl or cyclic N) is 1. The number of halogens is 1. The number of carbonyl (C=O) groups excluding carboxylic acids is 1. The van der Waals surface area contributed by atoms with E-state index in [-0.39, 0.29) is 6.54 Å². The van der Waals surface area contributed by atoms with Gasteiger partial charge in [0.25, 0.3) is 0 Å². The zero-order chi connectivity index (χ0) is 15.1. The zero-order valence-corrected chi connectivity index (χ0v) is 13.8. The Morgan fingerprint density at radius 1 is 1.55 bits per heavy atom. The van der Waals surface area contributed by atoms with Crippen LogP contribution < -0.4 is 0 Å². The number of aromatic nitrogens is 2. The monoisotopic (exact) mass is 345 g/mol. The van der Waals surface area contributed by atoms with Gasteiger partial charge in [0, 0.05) is 26.2 Å². The molecule has 1 aromatic heterocycles. The molecule has 1 N–H and O–H groups in total. The van der Waals surface area contributed by atoms with Gasteiger partial charge >= 0.3 is 6.09 Å². The van der Waals surface area contributed by atoms with Crippen molar-refractivity contribution in [2.24, 2.45) is 7.05 Å². The van der Waals surface area contributed by atoms with Gasteiger partial charge in [0.05, 0.1) is 6.54 Å². The van der Waals surface area contributed by atoms with Gasteiger partial charge in [-0.05, 0) is 36.7 Å². The van der Waals surface area contributed by atoms with Crippen molar-refractivity contribution in [1.82, 2.24) is 14.5 Å². The zero-order valence-electron chi connectivity index (χ0n) is 12.2. The van der Waals surface area contributed by atoms with Gasteiger partial charge in [0.1, 0.15) is 21.6 Å². The molecule has 6 nitrogen and oxygen atoms in total. The van der Waals surface area contributed by atoms with Crippen LogP contribution in [0.1, 0.15) is 33.0 Å². The van der Waals surface area contributed by atoms with Gasteiger partial charge in [-0.15, -0.1) is 0 Å². The SMILES string of the molecule is Cn1cc(Br)nc1C1(O)CCN(C(=O)OC(C)(C)C)C1. The molecule has 0 aromatic carbocycles. The number of amides is 1. The summed E-state index contributed by atoms with van der Waals surface area (Å²) < 4.78 is 7.76. The maximum Gasteiger partial charge on any atom is 0.410 e. The van der Waals surface area contributed by atoms with E-state index in [0.717, 1.165) is 0 Å². The number of hydrogen-bond acceptors (Lipinski definition) is 4. The van der Waals surface area contributed by atoms with Crippen molar-refractivity contribution >= 4 is 22.0 Å². The molecule has 1 aromatic rings. The summed E-state index contributed by atoms with van der Waals surface area (Å²) in [6.07, 6.45) is 1.83. The lowest BCUT2D eigenvalue weighted by Crippen LogP contribution is -2.39. The molecular formula is C13H20BrN3O3. The van der Waals surface area contributed by atoms with Crippen molar-refractivity contribution in [3.63, 3.8) is 0 Å². The molecule has 1 amide bonds. The largest absolute Gasteiger partial charge is 0.444 e. The third-order valence-corrected chi connectivity index (χ3v) is 3.54. The lowest BCUT2D eigenvalue weighted by Gasteiger charge is -2.26. The van der Waals surface area contributed by atoms with Gasteiger partial charge in [0.2, 0.25) is 0 Å². The van der Waals surface area contributed by atoms with Crippen LogP contribution in [0.15, 0.2) is 10.8 Å². The molecule has 1 saturated heterocycles. The minimum atomic E-state index is -1.13. The first-order chi connectivity index (χ1) is 9.11. The number of imidazole rings is 1. The Hall–Kier alpha value is -1.08. The minimum Gasteiger partial charge on any atom is -0.444 e. The lowest BCUT2D eigenvalue weighted by molar-refractivity contribution is 0.0100. The van der Waals surface area contributed by atoms with Gasteiger partial charge < -0.3 is 19.3 Å². The quantitative estimate of drug-likeness (QED) is 0.845. The Kier molecular flexibility index (Phi) is 3.85. The molecule has 1 atom stereocenters. The van der Waals surface area contributed by atoms with E-state index >= 15 is 0 Å². The number of nitrogens with zero attached hydrogens (tertiary/aromatic N) is 3. The van der Waals surface area contributed by atoms with Gasteiger partial charge in [-0.1, -0.05) is 0 Å². The third-order valence-electron chi connectivity index (χ3n) is 3.16. The van der Waals surface area contributed by atoms with Crippen LogP contribution >= 0.6 is 15.9 Å². The summed E-state index contributed by atoms with van der Waals surface area (Å²) in [5.41, 5.74) is -1.66. The predicted octanol–water partition coefficient (Wildman–Crippen LogP) is 2.01.